The van der Waals surface area contributed by atoms with Gasteiger partial charge in [0.15, 0.2) is 11.6 Å². The number of halogens is 3. The smallest absolute Gasteiger partial charge is 0.167 e. The fourth-order valence-corrected chi connectivity index (χ4v) is 5.69. The summed E-state index contributed by atoms with van der Waals surface area (Å²) in [4.78, 5) is 0. The van der Waals surface area contributed by atoms with E-state index in [-0.39, 0.29) is 11.1 Å². The molecule has 0 unspecified atom stereocenters. The third kappa shape index (κ3) is 4.82. The van der Waals surface area contributed by atoms with Crippen molar-refractivity contribution in [2.24, 2.45) is 11.8 Å². The van der Waals surface area contributed by atoms with Crippen LogP contribution in [0.15, 0.2) is 35.9 Å². The molecular weight excluding hydrogens is 405 g/mol. The summed E-state index contributed by atoms with van der Waals surface area (Å²) in [6, 6.07) is 6.58. The Balaban J connectivity index is 1.42. The summed E-state index contributed by atoms with van der Waals surface area (Å²) in [5.41, 5.74) is 3.49. The number of aryl methyl sites for hydroxylation is 1. The van der Waals surface area contributed by atoms with Crippen LogP contribution in [0.5, 0.6) is 0 Å². The monoisotopic (exact) mass is 440 g/mol. The van der Waals surface area contributed by atoms with Crippen molar-refractivity contribution in [3.05, 3.63) is 70.1 Å². The summed E-state index contributed by atoms with van der Waals surface area (Å²) in [6.45, 7) is 4.06. The van der Waals surface area contributed by atoms with E-state index >= 15 is 4.39 Å². The number of hydrogen-bond acceptors (Lipinski definition) is 0. The lowest BCUT2D eigenvalue weighted by Crippen LogP contribution is -2.15. The first-order valence-electron chi connectivity index (χ1n) is 12.5. The van der Waals surface area contributed by atoms with Crippen molar-refractivity contribution in [2.45, 2.75) is 84.5 Å². The molecule has 0 saturated heterocycles. The van der Waals surface area contributed by atoms with Crippen LogP contribution in [0.1, 0.15) is 81.9 Å². The molecule has 2 aliphatic rings. The third-order valence-electron chi connectivity index (χ3n) is 7.72. The molecule has 2 aromatic rings. The van der Waals surface area contributed by atoms with Crippen LogP contribution in [0.4, 0.5) is 13.2 Å². The molecule has 3 heteroatoms. The molecule has 0 spiro atoms. The van der Waals surface area contributed by atoms with Crippen molar-refractivity contribution in [1.29, 1.82) is 0 Å². The Morgan fingerprint density at radius 1 is 0.781 bits per heavy atom. The number of hydrogen-bond donors (Lipinski definition) is 0. The molecule has 0 amide bonds. The van der Waals surface area contributed by atoms with Crippen molar-refractivity contribution in [3.63, 3.8) is 0 Å². The molecule has 2 aromatic carbocycles. The zero-order valence-electron chi connectivity index (χ0n) is 19.5. The highest BCUT2D eigenvalue weighted by molar-refractivity contribution is 5.68. The standard InChI is InChI=1S/C29H35F3/c1-3-5-19-6-8-20(9-7-19)10-11-21-12-15-24-23(18-21)14-17-25(28(24)31)26-16-13-22(4-2)27(30)29(26)32/h12-14,16-17,19-20H,3-11,15,18H2,1-2H3. The van der Waals surface area contributed by atoms with Gasteiger partial charge in [-0.3, -0.25) is 0 Å². The van der Waals surface area contributed by atoms with Crippen LogP contribution in [0.3, 0.4) is 0 Å². The predicted molar refractivity (Wildman–Crippen MR) is 126 cm³/mol. The summed E-state index contributed by atoms with van der Waals surface area (Å²) in [5.74, 6) is -0.467. The van der Waals surface area contributed by atoms with Crippen molar-refractivity contribution in [2.75, 3.05) is 0 Å². The van der Waals surface area contributed by atoms with Gasteiger partial charge in [-0.2, -0.15) is 0 Å². The summed E-state index contributed by atoms with van der Waals surface area (Å²) in [5, 5.41) is 0. The Kier molecular flexibility index (Phi) is 7.43. The van der Waals surface area contributed by atoms with Crippen molar-refractivity contribution in [1.82, 2.24) is 0 Å². The Bertz CT molecular complexity index is 980. The van der Waals surface area contributed by atoms with E-state index in [9.17, 15) is 8.78 Å². The molecule has 0 N–H and O–H groups in total. The van der Waals surface area contributed by atoms with Gasteiger partial charge in [0.05, 0.1) is 0 Å². The summed E-state index contributed by atoms with van der Waals surface area (Å²) in [7, 11) is 0. The molecule has 0 atom stereocenters. The predicted octanol–water partition coefficient (Wildman–Crippen LogP) is 8.75. The zero-order chi connectivity index (χ0) is 22.7. The molecule has 0 radical (unpaired) electrons. The molecule has 0 bridgehead atoms. The number of fused-ring (bicyclic) bond motifs is 1. The highest BCUT2D eigenvalue weighted by atomic mass is 19.2. The minimum Gasteiger partial charge on any atom is -0.206 e. The first-order chi connectivity index (χ1) is 15.5. The average Bonchev–Trinajstić information content (AvgIpc) is 2.81. The topological polar surface area (TPSA) is 0 Å². The second-order valence-electron chi connectivity index (χ2n) is 9.78. The van der Waals surface area contributed by atoms with E-state index in [4.69, 9.17) is 0 Å². The van der Waals surface area contributed by atoms with Crippen molar-refractivity contribution < 1.29 is 13.2 Å². The molecule has 4 rings (SSSR count). The molecule has 1 saturated carbocycles. The van der Waals surface area contributed by atoms with E-state index < -0.39 is 17.5 Å². The quantitative estimate of drug-likeness (QED) is 0.378. The van der Waals surface area contributed by atoms with Crippen LogP contribution in [0.25, 0.3) is 11.1 Å². The van der Waals surface area contributed by atoms with Gasteiger partial charge in [-0.25, -0.2) is 13.2 Å². The minimum atomic E-state index is -0.955. The zero-order valence-corrected chi connectivity index (χ0v) is 19.5. The second kappa shape index (κ2) is 10.3. The number of benzene rings is 2. The highest BCUT2D eigenvalue weighted by Crippen LogP contribution is 2.37. The molecule has 2 aliphatic carbocycles. The first kappa shape index (κ1) is 23.1. The van der Waals surface area contributed by atoms with Gasteiger partial charge in [0.2, 0.25) is 0 Å². The lowest BCUT2D eigenvalue weighted by molar-refractivity contribution is 0.252. The van der Waals surface area contributed by atoms with E-state index in [0.717, 1.165) is 30.2 Å². The molecule has 32 heavy (non-hydrogen) atoms. The van der Waals surface area contributed by atoms with Gasteiger partial charge in [-0.15, -0.1) is 0 Å². The normalized spacial score (nSPS) is 20.7. The summed E-state index contributed by atoms with van der Waals surface area (Å²) in [6.07, 6.45) is 14.3. The Hall–Kier alpha value is -2.03. The molecular formula is C29H35F3. The second-order valence-corrected chi connectivity index (χ2v) is 9.78. The van der Waals surface area contributed by atoms with Crippen LogP contribution in [0, 0.1) is 29.3 Å². The van der Waals surface area contributed by atoms with Crippen LogP contribution < -0.4 is 0 Å². The largest absolute Gasteiger partial charge is 0.206 e. The van der Waals surface area contributed by atoms with Gasteiger partial charge >= 0.3 is 0 Å². The Labute approximate surface area is 190 Å². The molecule has 1 fully saturated rings. The van der Waals surface area contributed by atoms with Gasteiger partial charge in [0, 0.05) is 11.1 Å². The van der Waals surface area contributed by atoms with Crippen molar-refractivity contribution in [3.8, 4) is 11.1 Å². The van der Waals surface area contributed by atoms with E-state index in [1.54, 1.807) is 19.1 Å². The van der Waals surface area contributed by atoms with Gasteiger partial charge in [-0.05, 0) is 60.6 Å². The lowest BCUT2D eigenvalue weighted by Gasteiger charge is -2.29. The van der Waals surface area contributed by atoms with Crippen LogP contribution in [-0.2, 0) is 19.3 Å². The third-order valence-corrected chi connectivity index (χ3v) is 7.72. The maximum atomic E-state index is 15.3. The fourth-order valence-electron chi connectivity index (χ4n) is 5.69. The number of allylic oxidation sites excluding steroid dienone is 2. The average molecular weight is 441 g/mol. The summed E-state index contributed by atoms with van der Waals surface area (Å²) < 4.78 is 44.2. The van der Waals surface area contributed by atoms with Gasteiger partial charge in [0.1, 0.15) is 5.82 Å². The van der Waals surface area contributed by atoms with Gasteiger partial charge in [0.25, 0.3) is 0 Å². The van der Waals surface area contributed by atoms with E-state index in [1.807, 2.05) is 6.07 Å². The highest BCUT2D eigenvalue weighted by Gasteiger charge is 2.24. The molecule has 0 heterocycles. The maximum absolute atomic E-state index is 15.3. The van der Waals surface area contributed by atoms with E-state index in [2.05, 4.69) is 13.0 Å². The fraction of sp³-hybridized carbons (Fsp3) is 0.517. The van der Waals surface area contributed by atoms with Gasteiger partial charge < -0.3 is 0 Å². The summed E-state index contributed by atoms with van der Waals surface area (Å²) >= 11 is 0. The van der Waals surface area contributed by atoms with Crippen LogP contribution >= 0.6 is 0 Å². The molecule has 0 aliphatic heterocycles. The van der Waals surface area contributed by atoms with Crippen molar-refractivity contribution >= 4 is 0 Å². The molecule has 0 aromatic heterocycles. The van der Waals surface area contributed by atoms with Crippen LogP contribution in [-0.4, -0.2) is 0 Å². The van der Waals surface area contributed by atoms with Crippen LogP contribution in [0.2, 0.25) is 0 Å². The SMILES string of the molecule is CCCC1CCC(CCC2=CCc3c(ccc(-c4ccc(CC)c(F)c4F)c3F)C2)CC1. The maximum Gasteiger partial charge on any atom is 0.167 e. The molecule has 172 valence electrons. The number of rotatable bonds is 7. The van der Waals surface area contributed by atoms with E-state index in [0.29, 0.717) is 24.0 Å². The van der Waals surface area contributed by atoms with E-state index in [1.165, 1.54) is 56.6 Å². The van der Waals surface area contributed by atoms with Gasteiger partial charge in [-0.1, -0.05) is 88.3 Å². The first-order valence-corrected chi connectivity index (χ1v) is 12.5. The Morgan fingerprint density at radius 2 is 1.44 bits per heavy atom. The lowest BCUT2D eigenvalue weighted by atomic mass is 9.77. The molecule has 0 nitrogen and oxygen atoms in total. The Morgan fingerprint density at radius 3 is 2.12 bits per heavy atom. The minimum absolute atomic E-state index is 0.00783.